The van der Waals surface area contributed by atoms with Gasteiger partial charge in [0.1, 0.15) is 0 Å². The molecule has 0 atom stereocenters. The predicted molar refractivity (Wildman–Crippen MR) is 252 cm³/mol. The van der Waals surface area contributed by atoms with Gasteiger partial charge in [-0.1, -0.05) is 206 Å². The lowest BCUT2D eigenvalue weighted by Gasteiger charge is -2.18. The molecule has 0 aliphatic carbocycles. The van der Waals surface area contributed by atoms with Gasteiger partial charge in [-0.25, -0.2) is 29.9 Å². The first kappa shape index (κ1) is 36.6. The molecule has 11 rings (SSSR count). The smallest absolute Gasteiger partial charge is 0.164 e. The third-order valence-corrected chi connectivity index (χ3v) is 11.2. The Labute approximate surface area is 359 Å². The van der Waals surface area contributed by atoms with Crippen LogP contribution in [0.2, 0.25) is 0 Å². The van der Waals surface area contributed by atoms with Crippen molar-refractivity contribution in [3.05, 3.63) is 218 Å². The van der Waals surface area contributed by atoms with Crippen molar-refractivity contribution in [1.82, 2.24) is 29.9 Å². The monoisotopic (exact) mass is 792 g/mol. The molecular weight excluding hydrogens is 757 g/mol. The first-order chi connectivity index (χ1) is 30.7. The van der Waals surface area contributed by atoms with E-state index in [0.29, 0.717) is 34.9 Å². The van der Waals surface area contributed by atoms with E-state index in [2.05, 4.69) is 91.0 Å². The highest BCUT2D eigenvalue weighted by molar-refractivity contribution is 6.15. The van der Waals surface area contributed by atoms with Crippen LogP contribution in [0.25, 0.3) is 112 Å². The van der Waals surface area contributed by atoms with Gasteiger partial charge in [0.25, 0.3) is 0 Å². The summed E-state index contributed by atoms with van der Waals surface area (Å²) in [4.78, 5) is 30.6. The van der Waals surface area contributed by atoms with Crippen LogP contribution in [0.15, 0.2) is 218 Å². The average Bonchev–Trinajstić information content (AvgIpc) is 3.36. The van der Waals surface area contributed by atoms with E-state index in [4.69, 9.17) is 29.9 Å². The zero-order valence-electron chi connectivity index (χ0n) is 33.5. The van der Waals surface area contributed by atoms with E-state index in [1.165, 1.54) is 10.8 Å². The van der Waals surface area contributed by atoms with Crippen LogP contribution in [0.4, 0.5) is 0 Å². The van der Waals surface area contributed by atoms with E-state index in [1.54, 1.807) is 0 Å². The molecule has 0 radical (unpaired) electrons. The van der Waals surface area contributed by atoms with E-state index in [1.807, 2.05) is 127 Å². The molecule has 6 heteroatoms. The van der Waals surface area contributed by atoms with Crippen molar-refractivity contribution in [2.75, 3.05) is 0 Å². The van der Waals surface area contributed by atoms with E-state index in [0.717, 1.165) is 66.4 Å². The van der Waals surface area contributed by atoms with E-state index < -0.39 is 0 Å². The summed E-state index contributed by atoms with van der Waals surface area (Å²) in [6, 6.07) is 74.9. The molecule has 0 aliphatic heterocycles. The largest absolute Gasteiger partial charge is 0.208 e. The molecule has 0 aliphatic rings. The fourth-order valence-electron chi connectivity index (χ4n) is 8.20. The zero-order chi connectivity index (χ0) is 41.2. The summed E-state index contributed by atoms with van der Waals surface area (Å²) in [7, 11) is 0. The van der Waals surface area contributed by atoms with Gasteiger partial charge in [-0.3, -0.25) is 0 Å². The molecule has 2 aromatic heterocycles. The van der Waals surface area contributed by atoms with Crippen LogP contribution in [-0.2, 0) is 0 Å². The Bertz CT molecular complexity index is 3280. The highest BCUT2D eigenvalue weighted by Crippen LogP contribution is 2.44. The highest BCUT2D eigenvalue weighted by atomic mass is 15.0. The van der Waals surface area contributed by atoms with Crippen LogP contribution < -0.4 is 0 Å². The number of nitrogens with zero attached hydrogens (tertiary/aromatic N) is 6. The molecule has 0 saturated heterocycles. The van der Waals surface area contributed by atoms with Gasteiger partial charge in [-0.15, -0.1) is 0 Å². The Morgan fingerprint density at radius 1 is 0.194 bits per heavy atom. The third kappa shape index (κ3) is 6.95. The van der Waals surface area contributed by atoms with Gasteiger partial charge in [0.05, 0.1) is 0 Å². The van der Waals surface area contributed by atoms with Crippen molar-refractivity contribution in [3.63, 3.8) is 0 Å². The predicted octanol–water partition coefficient (Wildman–Crippen LogP) is 13.7. The number of fused-ring (bicyclic) bond motifs is 3. The summed E-state index contributed by atoms with van der Waals surface area (Å²) in [6.07, 6.45) is 0. The number of aromatic nitrogens is 6. The maximum atomic E-state index is 5.17. The number of hydrogen-bond donors (Lipinski definition) is 0. The Morgan fingerprint density at radius 3 is 1.08 bits per heavy atom. The zero-order valence-corrected chi connectivity index (χ0v) is 33.5. The Morgan fingerprint density at radius 2 is 0.565 bits per heavy atom. The summed E-state index contributed by atoms with van der Waals surface area (Å²) in [5, 5.41) is 4.68. The summed E-state index contributed by atoms with van der Waals surface area (Å²) in [5.74, 6) is 3.61. The van der Waals surface area contributed by atoms with Crippen LogP contribution in [0.3, 0.4) is 0 Å². The number of hydrogen-bond acceptors (Lipinski definition) is 6. The highest BCUT2D eigenvalue weighted by Gasteiger charge is 2.21. The minimum absolute atomic E-state index is 0.585. The average molecular weight is 793 g/mol. The van der Waals surface area contributed by atoms with Gasteiger partial charge in [0.15, 0.2) is 34.9 Å². The molecule has 290 valence electrons. The fourth-order valence-corrected chi connectivity index (χ4v) is 8.20. The Kier molecular flexibility index (Phi) is 9.41. The summed E-state index contributed by atoms with van der Waals surface area (Å²) < 4.78 is 0. The van der Waals surface area contributed by atoms with Gasteiger partial charge in [-0.05, 0) is 55.9 Å². The second-order valence-electron chi connectivity index (χ2n) is 15.1. The van der Waals surface area contributed by atoms with Gasteiger partial charge in [-0.2, -0.15) is 0 Å². The summed E-state index contributed by atoms with van der Waals surface area (Å²) in [6.45, 7) is 0. The molecule has 0 saturated carbocycles. The van der Waals surface area contributed by atoms with Crippen molar-refractivity contribution >= 4 is 21.5 Å². The molecule has 0 N–H and O–H groups in total. The van der Waals surface area contributed by atoms with E-state index in [9.17, 15) is 0 Å². The molecular formula is C56H36N6. The first-order valence-corrected chi connectivity index (χ1v) is 20.6. The molecule has 0 amide bonds. The van der Waals surface area contributed by atoms with Crippen LogP contribution in [0.1, 0.15) is 0 Å². The summed E-state index contributed by atoms with van der Waals surface area (Å²) in [5.41, 5.74) is 9.56. The Balaban J connectivity index is 1.17. The molecule has 0 unspecified atom stereocenters. The maximum Gasteiger partial charge on any atom is 0.164 e. The normalized spacial score (nSPS) is 11.2. The second kappa shape index (κ2) is 15.9. The standard InChI is InChI=1S/C56H36N6/c1-5-19-37(20-6-1)51-57-52(38-21-7-2-8-22-38)60-55(59-51)42-33-34-47(50(36-42)49-35-41-27-13-14-28-43(41)44-29-15-16-31-46(44)49)45-30-17-18-32-48(45)56-61-53(39-23-9-3-10-24-39)58-54(62-56)40-25-11-4-12-26-40/h1-36H. The van der Waals surface area contributed by atoms with Crippen molar-refractivity contribution in [2.45, 2.75) is 0 Å². The van der Waals surface area contributed by atoms with Gasteiger partial charge < -0.3 is 0 Å². The van der Waals surface area contributed by atoms with Gasteiger partial charge >= 0.3 is 0 Å². The molecule has 11 aromatic rings. The molecule has 0 spiro atoms. The topological polar surface area (TPSA) is 77.3 Å². The fraction of sp³-hybridized carbons (Fsp3) is 0. The number of benzene rings is 9. The third-order valence-electron chi connectivity index (χ3n) is 11.2. The molecule has 6 nitrogen and oxygen atoms in total. The SMILES string of the molecule is c1ccc(-c2nc(-c3ccccc3)nc(-c3ccc(-c4ccccc4-c4nc(-c5ccccc5)nc(-c5ccccc5)n4)c(-c4cc5ccccc5c5ccccc45)c3)n2)cc1. The van der Waals surface area contributed by atoms with Gasteiger partial charge in [0, 0.05) is 33.4 Å². The van der Waals surface area contributed by atoms with Crippen molar-refractivity contribution in [1.29, 1.82) is 0 Å². The molecule has 62 heavy (non-hydrogen) atoms. The minimum Gasteiger partial charge on any atom is -0.208 e. The minimum atomic E-state index is 0.585. The maximum absolute atomic E-state index is 5.17. The first-order valence-electron chi connectivity index (χ1n) is 20.6. The second-order valence-corrected chi connectivity index (χ2v) is 15.1. The van der Waals surface area contributed by atoms with Gasteiger partial charge in [0.2, 0.25) is 0 Å². The molecule has 9 aromatic carbocycles. The lowest BCUT2D eigenvalue weighted by molar-refractivity contribution is 1.07. The van der Waals surface area contributed by atoms with E-state index >= 15 is 0 Å². The number of rotatable bonds is 8. The quantitative estimate of drug-likeness (QED) is 0.143. The molecule has 0 fully saturated rings. The van der Waals surface area contributed by atoms with Crippen molar-refractivity contribution in [2.24, 2.45) is 0 Å². The molecule has 0 bridgehead atoms. The lowest BCUT2D eigenvalue weighted by atomic mass is 9.86. The van der Waals surface area contributed by atoms with Crippen LogP contribution in [0, 0.1) is 0 Å². The molecule has 2 heterocycles. The van der Waals surface area contributed by atoms with E-state index in [-0.39, 0.29) is 0 Å². The van der Waals surface area contributed by atoms with Crippen LogP contribution in [0.5, 0.6) is 0 Å². The van der Waals surface area contributed by atoms with Crippen LogP contribution in [-0.4, -0.2) is 29.9 Å². The summed E-state index contributed by atoms with van der Waals surface area (Å²) >= 11 is 0. The van der Waals surface area contributed by atoms with Crippen LogP contribution >= 0.6 is 0 Å². The van der Waals surface area contributed by atoms with Crippen molar-refractivity contribution < 1.29 is 0 Å². The Hall–Kier alpha value is -8.48. The lowest BCUT2D eigenvalue weighted by Crippen LogP contribution is -2.02. The van der Waals surface area contributed by atoms with Crippen molar-refractivity contribution in [3.8, 4) is 90.6 Å².